The van der Waals surface area contributed by atoms with Crippen molar-refractivity contribution in [2.45, 2.75) is 78.0 Å². The van der Waals surface area contributed by atoms with Crippen LogP contribution < -0.4 is 0 Å². The van der Waals surface area contributed by atoms with Crippen LogP contribution in [0, 0.1) is 5.92 Å². The van der Waals surface area contributed by atoms with Crippen LogP contribution in [0.4, 0.5) is 0 Å². The van der Waals surface area contributed by atoms with Crippen LogP contribution >= 0.6 is 0 Å². The highest BCUT2D eigenvalue weighted by Crippen LogP contribution is 2.37. The number of carboxylic acid groups (broad SMARTS) is 1. The number of hydrogen-bond acceptors (Lipinski definition) is 14. The van der Waals surface area contributed by atoms with Gasteiger partial charge in [-0.15, -0.1) is 0 Å². The van der Waals surface area contributed by atoms with Gasteiger partial charge in [-0.05, 0) is 6.92 Å². The number of carbonyl (C=O) groups is 6. The van der Waals surface area contributed by atoms with Crippen molar-refractivity contribution in [3.8, 4) is 0 Å². The second-order valence-corrected chi connectivity index (χ2v) is 8.67. The van der Waals surface area contributed by atoms with Gasteiger partial charge in [0.25, 0.3) is 0 Å². The number of methoxy groups -OCH3 is 1. The zero-order valence-electron chi connectivity index (χ0n) is 22.8. The maximum atomic E-state index is 12.1. The minimum absolute atomic E-state index is 0.193. The summed E-state index contributed by atoms with van der Waals surface area (Å²) in [5.74, 6) is -6.25. The molecule has 0 aromatic rings. The third kappa shape index (κ3) is 8.51. The molecule has 7 atom stereocenters. The summed E-state index contributed by atoms with van der Waals surface area (Å²) >= 11 is 0. The van der Waals surface area contributed by atoms with Crippen molar-refractivity contribution in [3.05, 3.63) is 23.5 Å². The van der Waals surface area contributed by atoms with Gasteiger partial charge in [0.15, 0.2) is 18.3 Å². The van der Waals surface area contributed by atoms with Gasteiger partial charge in [-0.1, -0.05) is 6.08 Å². The highest BCUT2D eigenvalue weighted by Gasteiger charge is 2.54. The summed E-state index contributed by atoms with van der Waals surface area (Å²) in [6.07, 6.45) is -6.67. The smallest absolute Gasteiger partial charge is 0.335 e. The van der Waals surface area contributed by atoms with Crippen molar-refractivity contribution in [2.24, 2.45) is 5.92 Å². The average Bonchev–Trinajstić information content (AvgIpc) is 2.85. The zero-order valence-corrected chi connectivity index (χ0v) is 22.8. The number of ether oxygens (including phenoxy) is 8. The summed E-state index contributed by atoms with van der Waals surface area (Å²) in [6.45, 7) is 5.42. The van der Waals surface area contributed by atoms with Gasteiger partial charge in [-0.2, -0.15) is 0 Å². The predicted molar refractivity (Wildman–Crippen MR) is 128 cm³/mol. The number of allylic oxidation sites excluding steroid dienone is 1. The topological polar surface area (TPSA) is 196 Å². The molecule has 0 aromatic carbocycles. The van der Waals surface area contributed by atoms with E-state index in [1.54, 1.807) is 6.92 Å². The molecule has 15 heteroatoms. The van der Waals surface area contributed by atoms with Crippen LogP contribution in [0.15, 0.2) is 23.5 Å². The minimum atomic E-state index is -1.60. The fourth-order valence-corrected chi connectivity index (χ4v) is 4.18. The molecule has 2 aliphatic heterocycles. The molecule has 0 aromatic heterocycles. The lowest BCUT2D eigenvalue weighted by molar-refractivity contribution is -0.331. The number of esters is 5. The third-order valence-electron chi connectivity index (χ3n) is 5.75. The summed E-state index contributed by atoms with van der Waals surface area (Å²) in [7, 11) is 1.15. The first-order chi connectivity index (χ1) is 18.8. The highest BCUT2D eigenvalue weighted by atomic mass is 16.8. The van der Waals surface area contributed by atoms with E-state index in [0.29, 0.717) is 0 Å². The Morgan fingerprint density at radius 1 is 0.900 bits per heavy atom. The quantitative estimate of drug-likeness (QED) is 0.216. The maximum absolute atomic E-state index is 12.1. The van der Waals surface area contributed by atoms with E-state index in [1.807, 2.05) is 0 Å². The van der Waals surface area contributed by atoms with Crippen LogP contribution in [-0.2, 0) is 66.7 Å². The first kappa shape index (κ1) is 32.2. The molecule has 0 amide bonds. The number of rotatable bonds is 10. The minimum Gasteiger partial charge on any atom is -0.478 e. The van der Waals surface area contributed by atoms with Gasteiger partial charge in [0.05, 0.1) is 25.4 Å². The summed E-state index contributed by atoms with van der Waals surface area (Å²) in [5, 5.41) is 9.63. The molecule has 2 rings (SSSR count). The Balaban J connectivity index is 2.54. The fraction of sp³-hybridized carbons (Fsp3) is 0.600. The molecule has 15 nitrogen and oxygen atoms in total. The van der Waals surface area contributed by atoms with Gasteiger partial charge in [0.1, 0.15) is 12.7 Å². The monoisotopic (exact) mass is 572 g/mol. The molecule has 2 heterocycles. The van der Waals surface area contributed by atoms with Gasteiger partial charge in [-0.3, -0.25) is 24.0 Å². The summed E-state index contributed by atoms with van der Waals surface area (Å²) in [4.78, 5) is 71.3. The molecule has 1 fully saturated rings. The average molecular weight is 573 g/mol. The van der Waals surface area contributed by atoms with Crippen LogP contribution in [0.3, 0.4) is 0 Å². The standard InChI is InChI=1S/C25H32O15/c1-7-15-16(8-19(30)33-6)17(23(31)32)9-35-24(15)40-25-22(38-14(5)29)21(37-13(4)28)20(36-12(3)27)18(39-25)10-34-11(2)26/h7,9,16,18,20-22,24-25H,8,10H2,1-6H3,(H,31,32)/b15-7+/t16-,18-,20-,21+,22-,24+,25+/m0/s1. The Labute approximate surface area is 229 Å². The Morgan fingerprint density at radius 2 is 1.48 bits per heavy atom. The largest absolute Gasteiger partial charge is 0.478 e. The number of hydrogen-bond donors (Lipinski definition) is 1. The van der Waals surface area contributed by atoms with Gasteiger partial charge in [0, 0.05) is 39.2 Å². The first-order valence-electron chi connectivity index (χ1n) is 12.1. The lowest BCUT2D eigenvalue weighted by atomic mass is 9.86. The van der Waals surface area contributed by atoms with Crippen molar-refractivity contribution < 1.29 is 71.8 Å². The molecule has 222 valence electrons. The van der Waals surface area contributed by atoms with Crippen LogP contribution in [0.2, 0.25) is 0 Å². The Kier molecular flexibility index (Phi) is 11.6. The van der Waals surface area contributed by atoms with Crippen molar-refractivity contribution >= 4 is 35.8 Å². The molecule has 0 unspecified atom stereocenters. The van der Waals surface area contributed by atoms with Gasteiger partial charge < -0.3 is 43.0 Å². The second kappa shape index (κ2) is 14.4. The number of carbonyl (C=O) groups excluding carboxylic acids is 5. The lowest BCUT2D eigenvalue weighted by Crippen LogP contribution is -2.63. The molecule has 0 spiro atoms. The lowest BCUT2D eigenvalue weighted by Gasteiger charge is -2.45. The van der Waals surface area contributed by atoms with E-state index < -0.39 is 85.3 Å². The fourth-order valence-electron chi connectivity index (χ4n) is 4.18. The first-order valence-corrected chi connectivity index (χ1v) is 12.1. The predicted octanol–water partition coefficient (Wildman–Crippen LogP) is 0.537. The molecule has 0 bridgehead atoms. The maximum Gasteiger partial charge on any atom is 0.335 e. The summed E-state index contributed by atoms with van der Waals surface area (Å²) in [6, 6.07) is 0. The van der Waals surface area contributed by atoms with Crippen LogP contribution in [0.5, 0.6) is 0 Å². The van der Waals surface area contributed by atoms with E-state index in [1.165, 1.54) is 6.08 Å². The zero-order chi connectivity index (χ0) is 30.1. The van der Waals surface area contributed by atoms with Crippen molar-refractivity contribution in [1.29, 1.82) is 0 Å². The van der Waals surface area contributed by atoms with E-state index in [9.17, 15) is 33.9 Å². The highest BCUT2D eigenvalue weighted by molar-refractivity contribution is 5.89. The molecule has 0 saturated carbocycles. The number of carboxylic acids is 1. The molecule has 40 heavy (non-hydrogen) atoms. The molecule has 0 aliphatic carbocycles. The molecule has 2 aliphatic rings. The summed E-state index contributed by atoms with van der Waals surface area (Å²) in [5.41, 5.74) is -0.0574. The van der Waals surface area contributed by atoms with Crippen molar-refractivity contribution in [2.75, 3.05) is 13.7 Å². The molecular weight excluding hydrogens is 540 g/mol. The normalized spacial score (nSPS) is 28.8. The van der Waals surface area contributed by atoms with E-state index in [-0.39, 0.29) is 17.6 Å². The van der Waals surface area contributed by atoms with Gasteiger partial charge in [0.2, 0.25) is 12.6 Å². The van der Waals surface area contributed by atoms with Gasteiger partial charge >= 0.3 is 35.8 Å². The SMILES string of the molecule is C/C=C1/[C@@H](O[C@H]2O[C@@H](COC(C)=O)[C@H](OC(C)=O)[C@@H](OC(C)=O)[C@@H]2OC(C)=O)OC=C(C(=O)O)[C@H]1CC(=O)OC. The Bertz CT molecular complexity index is 1060. The van der Waals surface area contributed by atoms with Crippen LogP contribution in [-0.4, -0.2) is 91.6 Å². The molecular formula is C25H32O15. The Morgan fingerprint density at radius 3 is 1.98 bits per heavy atom. The summed E-state index contributed by atoms with van der Waals surface area (Å²) < 4.78 is 43.1. The molecule has 0 radical (unpaired) electrons. The van der Waals surface area contributed by atoms with Crippen LogP contribution in [0.25, 0.3) is 0 Å². The number of aliphatic carboxylic acids is 1. The Hall–Kier alpha value is -3.98. The van der Waals surface area contributed by atoms with Crippen molar-refractivity contribution in [3.63, 3.8) is 0 Å². The van der Waals surface area contributed by atoms with E-state index in [4.69, 9.17) is 37.9 Å². The second-order valence-electron chi connectivity index (χ2n) is 8.67. The van der Waals surface area contributed by atoms with E-state index in [0.717, 1.165) is 41.1 Å². The van der Waals surface area contributed by atoms with E-state index in [2.05, 4.69) is 0 Å². The van der Waals surface area contributed by atoms with Crippen molar-refractivity contribution in [1.82, 2.24) is 0 Å². The molecule has 1 saturated heterocycles. The third-order valence-corrected chi connectivity index (χ3v) is 5.75. The van der Waals surface area contributed by atoms with Crippen LogP contribution in [0.1, 0.15) is 41.0 Å². The van der Waals surface area contributed by atoms with Gasteiger partial charge in [-0.25, -0.2) is 4.79 Å². The van der Waals surface area contributed by atoms with E-state index >= 15 is 0 Å². The molecule has 1 N–H and O–H groups in total.